The Labute approximate surface area is 69.0 Å². The van der Waals surface area contributed by atoms with E-state index in [-0.39, 0.29) is 6.10 Å². The molecule has 0 radical (unpaired) electrons. The molecule has 2 N–H and O–H groups in total. The number of hydrogen-bond acceptors (Lipinski definition) is 2. The van der Waals surface area contributed by atoms with Crippen molar-refractivity contribution in [2.75, 3.05) is 6.54 Å². The van der Waals surface area contributed by atoms with Crippen LogP contribution in [0.4, 0.5) is 0 Å². The van der Waals surface area contributed by atoms with Gasteiger partial charge in [0.1, 0.15) is 0 Å². The van der Waals surface area contributed by atoms with Gasteiger partial charge in [0.25, 0.3) is 0 Å². The fraction of sp³-hybridized carbons (Fsp3) is 1.00. The topological polar surface area (TPSA) is 32.3 Å². The van der Waals surface area contributed by atoms with Crippen LogP contribution in [0.1, 0.15) is 33.1 Å². The highest BCUT2D eigenvalue weighted by molar-refractivity contribution is 4.78. The summed E-state index contributed by atoms with van der Waals surface area (Å²) in [4.78, 5) is 0. The van der Waals surface area contributed by atoms with E-state index in [1.54, 1.807) is 0 Å². The molecule has 66 valence electrons. The zero-order chi connectivity index (χ0) is 8.27. The lowest BCUT2D eigenvalue weighted by Gasteiger charge is -2.13. The zero-order valence-electron chi connectivity index (χ0n) is 7.51. The van der Waals surface area contributed by atoms with E-state index in [0.717, 1.165) is 12.5 Å². The molecule has 1 aliphatic rings. The minimum Gasteiger partial charge on any atom is -0.392 e. The molecule has 1 saturated carbocycles. The lowest BCUT2D eigenvalue weighted by atomic mass is 10.1. The Hall–Kier alpha value is -0.0800. The molecule has 1 aliphatic carbocycles. The summed E-state index contributed by atoms with van der Waals surface area (Å²) in [5, 5.41) is 12.4. The van der Waals surface area contributed by atoms with E-state index < -0.39 is 0 Å². The van der Waals surface area contributed by atoms with Crippen molar-refractivity contribution < 1.29 is 5.11 Å². The normalized spacial score (nSPS) is 34.1. The third-order valence-electron chi connectivity index (χ3n) is 2.40. The van der Waals surface area contributed by atoms with Crippen LogP contribution >= 0.6 is 0 Å². The van der Waals surface area contributed by atoms with Crippen molar-refractivity contribution in [2.24, 2.45) is 5.92 Å². The Morgan fingerprint density at radius 2 is 2.27 bits per heavy atom. The smallest absolute Gasteiger partial charge is 0.0636 e. The van der Waals surface area contributed by atoms with Gasteiger partial charge in [-0.3, -0.25) is 0 Å². The first kappa shape index (κ1) is 9.01. The number of rotatable bonds is 3. The maximum atomic E-state index is 9.02. The van der Waals surface area contributed by atoms with Crippen molar-refractivity contribution in [2.45, 2.75) is 45.3 Å². The lowest BCUT2D eigenvalue weighted by molar-refractivity contribution is 0.186. The third kappa shape index (κ3) is 3.21. The third-order valence-corrected chi connectivity index (χ3v) is 2.40. The van der Waals surface area contributed by atoms with E-state index in [4.69, 9.17) is 5.11 Å². The second kappa shape index (κ2) is 4.07. The number of hydrogen-bond donors (Lipinski definition) is 2. The first-order valence-corrected chi connectivity index (χ1v) is 4.60. The predicted molar refractivity (Wildman–Crippen MR) is 46.5 cm³/mol. The largest absolute Gasteiger partial charge is 0.392 e. The van der Waals surface area contributed by atoms with Gasteiger partial charge in [-0.25, -0.2) is 0 Å². The average Bonchev–Trinajstić information content (AvgIpc) is 2.31. The summed E-state index contributed by atoms with van der Waals surface area (Å²) >= 11 is 0. The molecule has 2 heteroatoms. The SMILES string of the molecule is C[C@@H]1CC[C@H](NC[C@H](C)O)C1. The van der Waals surface area contributed by atoms with Crippen LogP contribution in [0.25, 0.3) is 0 Å². The Morgan fingerprint density at radius 1 is 1.55 bits per heavy atom. The second-order valence-electron chi connectivity index (χ2n) is 3.87. The second-order valence-corrected chi connectivity index (χ2v) is 3.87. The van der Waals surface area contributed by atoms with E-state index in [9.17, 15) is 0 Å². The number of aliphatic hydroxyl groups excluding tert-OH is 1. The fourth-order valence-corrected chi connectivity index (χ4v) is 1.73. The van der Waals surface area contributed by atoms with Gasteiger partial charge in [-0.05, 0) is 32.1 Å². The van der Waals surface area contributed by atoms with E-state index in [2.05, 4.69) is 12.2 Å². The quantitative estimate of drug-likeness (QED) is 0.644. The lowest BCUT2D eigenvalue weighted by Crippen LogP contribution is -2.32. The minimum atomic E-state index is -0.203. The highest BCUT2D eigenvalue weighted by atomic mass is 16.3. The van der Waals surface area contributed by atoms with Crippen LogP contribution in [-0.2, 0) is 0 Å². The summed E-state index contributed by atoms with van der Waals surface area (Å²) in [6, 6.07) is 0.666. The summed E-state index contributed by atoms with van der Waals surface area (Å²) in [7, 11) is 0. The maximum Gasteiger partial charge on any atom is 0.0636 e. The standard InChI is InChI=1S/C9H19NO/c1-7-3-4-9(5-7)10-6-8(2)11/h7-11H,3-6H2,1-2H3/t7-,8+,9+/m1/s1. The van der Waals surface area contributed by atoms with Gasteiger partial charge in [0.05, 0.1) is 6.10 Å². The molecule has 0 spiro atoms. The van der Waals surface area contributed by atoms with E-state index in [0.29, 0.717) is 6.04 Å². The van der Waals surface area contributed by atoms with Crippen molar-refractivity contribution in [3.8, 4) is 0 Å². The highest BCUT2D eigenvalue weighted by Crippen LogP contribution is 2.24. The van der Waals surface area contributed by atoms with Crippen LogP contribution in [0, 0.1) is 5.92 Å². The molecule has 3 atom stereocenters. The molecule has 1 rings (SSSR count). The van der Waals surface area contributed by atoms with Crippen molar-refractivity contribution in [3.05, 3.63) is 0 Å². The van der Waals surface area contributed by atoms with Crippen molar-refractivity contribution in [3.63, 3.8) is 0 Å². The molecule has 2 nitrogen and oxygen atoms in total. The Bertz CT molecular complexity index is 114. The van der Waals surface area contributed by atoms with Gasteiger partial charge >= 0.3 is 0 Å². The molecule has 0 amide bonds. The van der Waals surface area contributed by atoms with Crippen LogP contribution in [0.5, 0.6) is 0 Å². The van der Waals surface area contributed by atoms with Gasteiger partial charge < -0.3 is 10.4 Å². The molecule has 0 aliphatic heterocycles. The van der Waals surface area contributed by atoms with Gasteiger partial charge in [-0.2, -0.15) is 0 Å². The highest BCUT2D eigenvalue weighted by Gasteiger charge is 2.20. The Balaban J connectivity index is 2.08. The zero-order valence-corrected chi connectivity index (χ0v) is 7.51. The molecule has 1 fully saturated rings. The molecule has 0 heterocycles. The Morgan fingerprint density at radius 3 is 2.73 bits per heavy atom. The monoisotopic (exact) mass is 157 g/mol. The maximum absolute atomic E-state index is 9.02. The van der Waals surface area contributed by atoms with Crippen LogP contribution in [0.2, 0.25) is 0 Å². The minimum absolute atomic E-state index is 0.203. The molecule has 0 aromatic rings. The van der Waals surface area contributed by atoms with Crippen molar-refractivity contribution in [1.29, 1.82) is 0 Å². The van der Waals surface area contributed by atoms with Gasteiger partial charge in [0.2, 0.25) is 0 Å². The molecule has 0 saturated heterocycles. The molecule has 0 aromatic heterocycles. The molecule has 0 unspecified atom stereocenters. The van der Waals surface area contributed by atoms with E-state index in [1.807, 2.05) is 6.92 Å². The van der Waals surface area contributed by atoms with Crippen LogP contribution in [-0.4, -0.2) is 23.8 Å². The summed E-state index contributed by atoms with van der Waals surface area (Å²) in [5.74, 6) is 0.876. The summed E-state index contributed by atoms with van der Waals surface area (Å²) in [5.41, 5.74) is 0. The molecule has 0 bridgehead atoms. The molecular formula is C9H19NO. The summed E-state index contributed by atoms with van der Waals surface area (Å²) < 4.78 is 0. The summed E-state index contributed by atoms with van der Waals surface area (Å²) in [6.45, 7) is 4.87. The van der Waals surface area contributed by atoms with Crippen LogP contribution < -0.4 is 5.32 Å². The van der Waals surface area contributed by atoms with Gasteiger partial charge in [-0.1, -0.05) is 6.92 Å². The van der Waals surface area contributed by atoms with Gasteiger partial charge in [0, 0.05) is 12.6 Å². The van der Waals surface area contributed by atoms with E-state index >= 15 is 0 Å². The first-order chi connectivity index (χ1) is 5.18. The van der Waals surface area contributed by atoms with Crippen molar-refractivity contribution in [1.82, 2.24) is 5.32 Å². The van der Waals surface area contributed by atoms with Gasteiger partial charge in [0.15, 0.2) is 0 Å². The first-order valence-electron chi connectivity index (χ1n) is 4.60. The van der Waals surface area contributed by atoms with E-state index in [1.165, 1.54) is 19.3 Å². The Kier molecular flexibility index (Phi) is 3.34. The van der Waals surface area contributed by atoms with Gasteiger partial charge in [-0.15, -0.1) is 0 Å². The summed E-state index contributed by atoms with van der Waals surface area (Å²) in [6.07, 6.45) is 3.71. The fourth-order valence-electron chi connectivity index (χ4n) is 1.73. The molecular weight excluding hydrogens is 138 g/mol. The molecule has 11 heavy (non-hydrogen) atoms. The van der Waals surface area contributed by atoms with Crippen molar-refractivity contribution >= 4 is 0 Å². The number of nitrogens with one attached hydrogen (secondary N) is 1. The number of aliphatic hydroxyl groups is 1. The van der Waals surface area contributed by atoms with Crippen LogP contribution in [0.3, 0.4) is 0 Å². The molecule has 0 aromatic carbocycles. The average molecular weight is 157 g/mol. The van der Waals surface area contributed by atoms with Crippen LogP contribution in [0.15, 0.2) is 0 Å². The predicted octanol–water partition coefficient (Wildman–Crippen LogP) is 1.15.